The van der Waals surface area contributed by atoms with Crippen LogP contribution in [-0.4, -0.2) is 0 Å². The molecule has 2 rings (SSSR count). The molecule has 82 valence electrons. The molecule has 2 fully saturated rings. The van der Waals surface area contributed by atoms with Crippen LogP contribution in [0.5, 0.6) is 0 Å². The highest BCUT2D eigenvalue weighted by Gasteiger charge is 2.47. The Labute approximate surface area is 89.5 Å². The summed E-state index contributed by atoms with van der Waals surface area (Å²) in [4.78, 5) is 0. The lowest BCUT2D eigenvalue weighted by molar-refractivity contribution is 0.169. The first-order chi connectivity index (χ1) is 6.57. The third kappa shape index (κ3) is 1.51. The highest BCUT2D eigenvalue weighted by Crippen LogP contribution is 2.57. The van der Waals surface area contributed by atoms with Gasteiger partial charge in [-0.15, -0.1) is 0 Å². The van der Waals surface area contributed by atoms with Crippen LogP contribution in [-0.2, 0) is 0 Å². The Morgan fingerprint density at radius 2 is 1.79 bits per heavy atom. The lowest BCUT2D eigenvalue weighted by Crippen LogP contribution is -2.23. The van der Waals surface area contributed by atoms with E-state index in [-0.39, 0.29) is 0 Å². The van der Waals surface area contributed by atoms with Gasteiger partial charge < -0.3 is 0 Å². The molecule has 0 radical (unpaired) electrons. The van der Waals surface area contributed by atoms with E-state index in [1.165, 1.54) is 32.1 Å². The molecule has 2 bridgehead atoms. The average Bonchev–Trinajstić information content (AvgIpc) is 2.36. The Balaban J connectivity index is 2.22. The third-order valence-corrected chi connectivity index (χ3v) is 5.40. The van der Waals surface area contributed by atoms with Crippen LogP contribution in [0, 0.1) is 29.1 Å². The van der Waals surface area contributed by atoms with E-state index in [0.29, 0.717) is 5.41 Å². The SMILES string of the molecule is CCC1CCC(C)C2CC1(C)CC2C. The zero-order valence-corrected chi connectivity index (χ0v) is 10.3. The van der Waals surface area contributed by atoms with Gasteiger partial charge in [-0.25, -0.2) is 0 Å². The summed E-state index contributed by atoms with van der Waals surface area (Å²) in [6, 6.07) is 0. The summed E-state index contributed by atoms with van der Waals surface area (Å²) in [6.07, 6.45) is 7.41. The number of hydrogen-bond acceptors (Lipinski definition) is 0. The number of rotatable bonds is 1. The van der Waals surface area contributed by atoms with Crippen LogP contribution in [0.3, 0.4) is 0 Å². The maximum Gasteiger partial charge on any atom is -0.0292 e. The molecule has 0 aromatic rings. The van der Waals surface area contributed by atoms with Gasteiger partial charge in [0.15, 0.2) is 0 Å². The Bertz CT molecular complexity index is 204. The first-order valence-corrected chi connectivity index (χ1v) is 6.57. The highest BCUT2D eigenvalue weighted by molar-refractivity contribution is 4.97. The summed E-state index contributed by atoms with van der Waals surface area (Å²) in [6.45, 7) is 9.94. The molecule has 0 aromatic carbocycles. The van der Waals surface area contributed by atoms with Gasteiger partial charge in [0.05, 0.1) is 0 Å². The molecule has 0 aliphatic heterocycles. The Hall–Kier alpha value is 0. The monoisotopic (exact) mass is 194 g/mol. The lowest BCUT2D eigenvalue weighted by Gasteiger charge is -2.33. The maximum atomic E-state index is 2.57. The molecule has 0 N–H and O–H groups in total. The largest absolute Gasteiger partial charge is 0.0651 e. The van der Waals surface area contributed by atoms with Gasteiger partial charge in [0.2, 0.25) is 0 Å². The molecule has 0 amide bonds. The van der Waals surface area contributed by atoms with Crippen molar-refractivity contribution in [2.45, 2.75) is 59.8 Å². The van der Waals surface area contributed by atoms with Crippen molar-refractivity contribution in [1.29, 1.82) is 0 Å². The minimum atomic E-state index is 0.698. The molecule has 5 atom stereocenters. The lowest BCUT2D eigenvalue weighted by atomic mass is 9.72. The van der Waals surface area contributed by atoms with Crippen molar-refractivity contribution in [1.82, 2.24) is 0 Å². The molecular formula is C14H26. The van der Waals surface area contributed by atoms with Gasteiger partial charge in [-0.3, -0.25) is 0 Å². The summed E-state index contributed by atoms with van der Waals surface area (Å²) in [5.41, 5.74) is 0.698. The average molecular weight is 194 g/mol. The molecule has 0 spiro atoms. The fourth-order valence-electron chi connectivity index (χ4n) is 4.53. The quantitative estimate of drug-likeness (QED) is 0.577. The van der Waals surface area contributed by atoms with Gasteiger partial charge in [-0.2, -0.15) is 0 Å². The van der Waals surface area contributed by atoms with Crippen molar-refractivity contribution in [3.63, 3.8) is 0 Å². The van der Waals surface area contributed by atoms with Gasteiger partial charge in [0.25, 0.3) is 0 Å². The standard InChI is InChI=1S/C14H26/c1-5-12-7-6-10(2)13-9-14(12,4)8-11(13)3/h10-13H,5-9H2,1-4H3. The fourth-order valence-corrected chi connectivity index (χ4v) is 4.53. The van der Waals surface area contributed by atoms with E-state index in [1.54, 1.807) is 0 Å². The van der Waals surface area contributed by atoms with E-state index in [2.05, 4.69) is 27.7 Å². The minimum absolute atomic E-state index is 0.698. The number of hydrogen-bond donors (Lipinski definition) is 0. The molecule has 0 heteroatoms. The van der Waals surface area contributed by atoms with E-state index >= 15 is 0 Å². The van der Waals surface area contributed by atoms with Crippen molar-refractivity contribution in [2.24, 2.45) is 29.1 Å². The zero-order chi connectivity index (χ0) is 10.3. The molecule has 0 heterocycles. The Kier molecular flexibility index (Phi) is 2.66. The van der Waals surface area contributed by atoms with Crippen molar-refractivity contribution >= 4 is 0 Å². The predicted octanol–water partition coefficient (Wildman–Crippen LogP) is 4.49. The van der Waals surface area contributed by atoms with Crippen LogP contribution >= 0.6 is 0 Å². The normalized spacial score (nSPS) is 53.1. The predicted molar refractivity (Wildman–Crippen MR) is 62.2 cm³/mol. The summed E-state index contributed by atoms with van der Waals surface area (Å²) in [5.74, 6) is 4.03. The summed E-state index contributed by atoms with van der Waals surface area (Å²) >= 11 is 0. The minimum Gasteiger partial charge on any atom is -0.0651 e. The fraction of sp³-hybridized carbons (Fsp3) is 1.00. The van der Waals surface area contributed by atoms with E-state index in [9.17, 15) is 0 Å². The second-order valence-electron chi connectivity index (χ2n) is 6.36. The van der Waals surface area contributed by atoms with E-state index in [0.717, 1.165) is 23.7 Å². The van der Waals surface area contributed by atoms with Crippen molar-refractivity contribution < 1.29 is 0 Å². The molecule has 2 aliphatic carbocycles. The summed E-state index contributed by atoms with van der Waals surface area (Å²) in [5, 5.41) is 0. The highest BCUT2D eigenvalue weighted by atomic mass is 14.5. The van der Waals surface area contributed by atoms with Crippen molar-refractivity contribution in [2.75, 3.05) is 0 Å². The Morgan fingerprint density at radius 3 is 2.43 bits per heavy atom. The van der Waals surface area contributed by atoms with Crippen molar-refractivity contribution in [3.8, 4) is 0 Å². The second kappa shape index (κ2) is 3.54. The molecule has 0 aromatic heterocycles. The zero-order valence-electron chi connectivity index (χ0n) is 10.3. The molecule has 2 aliphatic rings. The third-order valence-electron chi connectivity index (χ3n) is 5.40. The summed E-state index contributed by atoms with van der Waals surface area (Å²) < 4.78 is 0. The number of fused-ring (bicyclic) bond motifs is 2. The second-order valence-corrected chi connectivity index (χ2v) is 6.36. The van der Waals surface area contributed by atoms with E-state index in [4.69, 9.17) is 0 Å². The molecule has 0 saturated heterocycles. The van der Waals surface area contributed by atoms with Crippen LogP contribution in [0.2, 0.25) is 0 Å². The molecule has 5 unspecified atom stereocenters. The van der Waals surface area contributed by atoms with Crippen molar-refractivity contribution in [3.05, 3.63) is 0 Å². The Morgan fingerprint density at radius 1 is 1.07 bits per heavy atom. The van der Waals surface area contributed by atoms with Crippen LogP contribution in [0.4, 0.5) is 0 Å². The van der Waals surface area contributed by atoms with Crippen LogP contribution < -0.4 is 0 Å². The first-order valence-electron chi connectivity index (χ1n) is 6.57. The molecular weight excluding hydrogens is 168 g/mol. The van der Waals surface area contributed by atoms with Gasteiger partial charge in [-0.1, -0.05) is 40.5 Å². The van der Waals surface area contributed by atoms with Gasteiger partial charge in [-0.05, 0) is 48.3 Å². The summed E-state index contributed by atoms with van der Waals surface area (Å²) in [7, 11) is 0. The van der Waals surface area contributed by atoms with E-state index < -0.39 is 0 Å². The topological polar surface area (TPSA) is 0 Å². The van der Waals surface area contributed by atoms with Gasteiger partial charge in [0, 0.05) is 0 Å². The van der Waals surface area contributed by atoms with Crippen LogP contribution in [0.1, 0.15) is 59.8 Å². The van der Waals surface area contributed by atoms with Crippen LogP contribution in [0.25, 0.3) is 0 Å². The van der Waals surface area contributed by atoms with E-state index in [1.807, 2.05) is 0 Å². The smallest absolute Gasteiger partial charge is 0.0292 e. The van der Waals surface area contributed by atoms with Gasteiger partial charge >= 0.3 is 0 Å². The van der Waals surface area contributed by atoms with Gasteiger partial charge in [0.1, 0.15) is 0 Å². The molecule has 2 saturated carbocycles. The molecule has 14 heavy (non-hydrogen) atoms. The molecule has 0 nitrogen and oxygen atoms in total. The first kappa shape index (κ1) is 10.5. The maximum absolute atomic E-state index is 2.57. The van der Waals surface area contributed by atoms with Crippen LogP contribution in [0.15, 0.2) is 0 Å².